The molecule has 1 amide bonds. The number of amides is 1. The maximum Gasteiger partial charge on any atom is 0.255 e. The summed E-state index contributed by atoms with van der Waals surface area (Å²) < 4.78 is 0. The molecule has 0 saturated carbocycles. The lowest BCUT2D eigenvalue weighted by molar-refractivity contribution is 0.0748. The second-order valence-corrected chi connectivity index (χ2v) is 6.56. The highest BCUT2D eigenvalue weighted by Gasteiger charge is 2.26. The number of carbonyl (C=O) groups excluding carboxylic acids is 1. The molecule has 1 aromatic carbocycles. The fourth-order valence-electron chi connectivity index (χ4n) is 2.43. The lowest BCUT2D eigenvalue weighted by Gasteiger charge is -2.25. The van der Waals surface area contributed by atoms with Crippen molar-refractivity contribution in [2.75, 3.05) is 30.4 Å². The molecular weight excluding hydrogens is 268 g/mol. The Balaban J connectivity index is 2.20. The fourth-order valence-corrected chi connectivity index (χ4v) is 3.70. The van der Waals surface area contributed by atoms with Crippen LogP contribution in [0.25, 0.3) is 0 Å². The third-order valence-corrected chi connectivity index (χ3v) is 4.89. The minimum atomic E-state index is 0.139. The number of aryl methyl sites for hydroxylation is 1. The van der Waals surface area contributed by atoms with Crippen LogP contribution in [0.1, 0.15) is 35.7 Å². The molecule has 0 bridgehead atoms. The van der Waals surface area contributed by atoms with Crippen LogP contribution in [0.4, 0.5) is 5.69 Å². The number of carbonyl (C=O) groups is 1. The Kier molecular flexibility index (Phi) is 5.35. The smallest absolute Gasteiger partial charge is 0.255 e. The number of hydrogen-bond acceptors (Lipinski definition) is 3. The van der Waals surface area contributed by atoms with E-state index in [9.17, 15) is 4.79 Å². The molecule has 4 heteroatoms. The van der Waals surface area contributed by atoms with Crippen LogP contribution in [0.15, 0.2) is 18.2 Å². The molecule has 3 nitrogen and oxygen atoms in total. The average Bonchev–Trinajstić information content (AvgIpc) is 2.98. The molecule has 1 heterocycles. The van der Waals surface area contributed by atoms with E-state index in [1.54, 1.807) is 0 Å². The van der Waals surface area contributed by atoms with Crippen molar-refractivity contribution in [3.05, 3.63) is 29.3 Å². The molecule has 110 valence electrons. The van der Waals surface area contributed by atoms with Crippen LogP contribution in [0.3, 0.4) is 0 Å². The first kappa shape index (κ1) is 15.2. The Morgan fingerprint density at radius 3 is 2.95 bits per heavy atom. The molecule has 1 saturated heterocycles. The average molecular weight is 292 g/mol. The van der Waals surface area contributed by atoms with Crippen LogP contribution >= 0.6 is 11.8 Å². The predicted octanol–water partition coefficient (Wildman–Crippen LogP) is 3.39. The third kappa shape index (κ3) is 3.48. The van der Waals surface area contributed by atoms with Crippen LogP contribution in [0.2, 0.25) is 0 Å². The van der Waals surface area contributed by atoms with Crippen molar-refractivity contribution in [2.45, 2.75) is 32.7 Å². The SMILES string of the molecule is CCCNc1ccc(C)cc1C(=O)N(C)C1CCSC1. The summed E-state index contributed by atoms with van der Waals surface area (Å²) in [5, 5.41) is 3.36. The van der Waals surface area contributed by atoms with E-state index in [1.165, 1.54) is 0 Å². The topological polar surface area (TPSA) is 32.3 Å². The van der Waals surface area contributed by atoms with Gasteiger partial charge in [-0.3, -0.25) is 4.79 Å². The first-order chi connectivity index (χ1) is 9.63. The molecule has 0 spiro atoms. The minimum Gasteiger partial charge on any atom is -0.384 e. The number of thioether (sulfide) groups is 1. The Labute approximate surface area is 126 Å². The lowest BCUT2D eigenvalue weighted by atomic mass is 10.1. The molecular formula is C16H24N2OS. The van der Waals surface area contributed by atoms with Gasteiger partial charge in [0.2, 0.25) is 0 Å². The number of nitrogens with zero attached hydrogens (tertiary/aromatic N) is 1. The van der Waals surface area contributed by atoms with Gasteiger partial charge in [0, 0.05) is 31.1 Å². The van der Waals surface area contributed by atoms with Crippen molar-refractivity contribution < 1.29 is 4.79 Å². The number of nitrogens with one attached hydrogen (secondary N) is 1. The van der Waals surface area contributed by atoms with Crippen molar-refractivity contribution in [1.29, 1.82) is 0 Å². The minimum absolute atomic E-state index is 0.139. The largest absolute Gasteiger partial charge is 0.384 e. The summed E-state index contributed by atoms with van der Waals surface area (Å²) in [6.45, 7) is 5.06. The number of hydrogen-bond donors (Lipinski definition) is 1. The fraction of sp³-hybridized carbons (Fsp3) is 0.562. The summed E-state index contributed by atoms with van der Waals surface area (Å²) in [6, 6.07) is 6.46. The van der Waals surface area contributed by atoms with Gasteiger partial charge in [-0.05, 0) is 37.7 Å². The van der Waals surface area contributed by atoms with Crippen LogP contribution in [-0.2, 0) is 0 Å². The van der Waals surface area contributed by atoms with Gasteiger partial charge in [-0.1, -0.05) is 18.6 Å². The second-order valence-electron chi connectivity index (χ2n) is 5.41. The Morgan fingerprint density at radius 1 is 1.50 bits per heavy atom. The van der Waals surface area contributed by atoms with Gasteiger partial charge in [-0.15, -0.1) is 0 Å². The summed E-state index contributed by atoms with van der Waals surface area (Å²) >= 11 is 1.93. The van der Waals surface area contributed by atoms with Crippen LogP contribution in [-0.4, -0.2) is 41.9 Å². The molecule has 0 aliphatic carbocycles. The lowest BCUT2D eigenvalue weighted by Crippen LogP contribution is -2.37. The summed E-state index contributed by atoms with van der Waals surface area (Å²) in [5.74, 6) is 2.36. The van der Waals surface area contributed by atoms with E-state index in [0.717, 1.165) is 47.7 Å². The molecule has 0 aromatic heterocycles. The van der Waals surface area contributed by atoms with Gasteiger partial charge in [0.05, 0.1) is 5.56 Å². The van der Waals surface area contributed by atoms with E-state index < -0.39 is 0 Å². The summed E-state index contributed by atoms with van der Waals surface area (Å²) in [6.07, 6.45) is 2.16. The molecule has 20 heavy (non-hydrogen) atoms. The first-order valence-corrected chi connectivity index (χ1v) is 8.48. The Hall–Kier alpha value is -1.16. The highest BCUT2D eigenvalue weighted by molar-refractivity contribution is 7.99. The van der Waals surface area contributed by atoms with Gasteiger partial charge in [-0.2, -0.15) is 11.8 Å². The summed E-state index contributed by atoms with van der Waals surface area (Å²) in [5.41, 5.74) is 2.89. The third-order valence-electron chi connectivity index (χ3n) is 3.74. The zero-order chi connectivity index (χ0) is 14.5. The van der Waals surface area contributed by atoms with Crippen molar-refractivity contribution in [1.82, 2.24) is 4.90 Å². The molecule has 1 aliphatic heterocycles. The van der Waals surface area contributed by atoms with Gasteiger partial charge in [0.15, 0.2) is 0 Å². The predicted molar refractivity (Wildman–Crippen MR) is 87.8 cm³/mol. The van der Waals surface area contributed by atoms with Crippen LogP contribution in [0.5, 0.6) is 0 Å². The Morgan fingerprint density at radius 2 is 2.30 bits per heavy atom. The van der Waals surface area contributed by atoms with E-state index in [2.05, 4.69) is 18.3 Å². The maximum atomic E-state index is 12.7. The number of anilines is 1. The maximum absolute atomic E-state index is 12.7. The van der Waals surface area contributed by atoms with Gasteiger partial charge in [-0.25, -0.2) is 0 Å². The molecule has 1 aromatic rings. The molecule has 1 unspecified atom stereocenters. The molecule has 0 radical (unpaired) electrons. The number of rotatable bonds is 5. The molecule has 1 fully saturated rings. The molecule has 1 aliphatic rings. The van der Waals surface area contributed by atoms with E-state index in [0.29, 0.717) is 6.04 Å². The molecule has 1 N–H and O–H groups in total. The second kappa shape index (κ2) is 7.02. The normalized spacial score (nSPS) is 18.1. The highest BCUT2D eigenvalue weighted by atomic mass is 32.2. The van der Waals surface area contributed by atoms with Gasteiger partial charge >= 0.3 is 0 Å². The van der Waals surface area contributed by atoms with Crippen molar-refractivity contribution in [3.8, 4) is 0 Å². The Bertz CT molecular complexity index is 470. The highest BCUT2D eigenvalue weighted by Crippen LogP contribution is 2.25. The standard InChI is InChI=1S/C16H24N2OS/c1-4-8-17-15-6-5-12(2)10-14(15)16(19)18(3)13-7-9-20-11-13/h5-6,10,13,17H,4,7-9,11H2,1-3H3. The van der Waals surface area contributed by atoms with Gasteiger partial charge < -0.3 is 10.2 Å². The van der Waals surface area contributed by atoms with Crippen molar-refractivity contribution in [2.24, 2.45) is 0 Å². The zero-order valence-corrected chi connectivity index (χ0v) is 13.4. The van der Waals surface area contributed by atoms with Crippen LogP contribution in [0, 0.1) is 6.92 Å². The monoisotopic (exact) mass is 292 g/mol. The zero-order valence-electron chi connectivity index (χ0n) is 12.6. The number of benzene rings is 1. The van der Waals surface area contributed by atoms with E-state index in [1.807, 2.05) is 42.8 Å². The van der Waals surface area contributed by atoms with E-state index in [-0.39, 0.29) is 5.91 Å². The van der Waals surface area contributed by atoms with Crippen molar-refractivity contribution >= 4 is 23.4 Å². The molecule has 1 atom stereocenters. The first-order valence-electron chi connectivity index (χ1n) is 7.33. The summed E-state index contributed by atoms with van der Waals surface area (Å²) in [4.78, 5) is 14.7. The van der Waals surface area contributed by atoms with Gasteiger partial charge in [0.1, 0.15) is 0 Å². The van der Waals surface area contributed by atoms with E-state index in [4.69, 9.17) is 0 Å². The van der Waals surface area contributed by atoms with Gasteiger partial charge in [0.25, 0.3) is 5.91 Å². The van der Waals surface area contributed by atoms with E-state index >= 15 is 0 Å². The molecule has 2 rings (SSSR count). The summed E-state index contributed by atoms with van der Waals surface area (Å²) in [7, 11) is 1.94. The van der Waals surface area contributed by atoms with Crippen LogP contribution < -0.4 is 5.32 Å². The quantitative estimate of drug-likeness (QED) is 0.903. The van der Waals surface area contributed by atoms with Crippen molar-refractivity contribution in [3.63, 3.8) is 0 Å².